The fourth-order valence-electron chi connectivity index (χ4n) is 0.0945. The second-order valence-electron chi connectivity index (χ2n) is 1.25. The molecule has 0 heterocycles. The van der Waals surface area contributed by atoms with Crippen molar-refractivity contribution >= 4 is 22.7 Å². The van der Waals surface area contributed by atoms with Gasteiger partial charge in [0.2, 0.25) is 0 Å². The Balaban J connectivity index is 0. The van der Waals surface area contributed by atoms with Gasteiger partial charge in [0, 0.05) is 11.1 Å². The molecule has 0 aromatic rings. The van der Waals surface area contributed by atoms with Gasteiger partial charge in [-0.15, -0.1) is 0 Å². The number of hydrogen-bond acceptors (Lipinski definition) is 2. The molecule has 0 aliphatic rings. The minimum atomic E-state index is -5.21. The molecule has 0 amide bonds. The third-order valence-corrected chi connectivity index (χ3v) is 1.56. The van der Waals surface area contributed by atoms with Crippen molar-refractivity contribution < 1.29 is 55.9 Å². The van der Waals surface area contributed by atoms with Gasteiger partial charge in [0.15, 0.2) is 0 Å². The first kappa shape index (κ1) is 14.6. The maximum Gasteiger partial charge on any atom is 1.00 e. The first-order valence-electron chi connectivity index (χ1n) is 1.73. The van der Waals surface area contributed by atoms with Crippen molar-refractivity contribution in [3.05, 3.63) is 0 Å². The van der Waals surface area contributed by atoms with E-state index in [1.807, 2.05) is 0 Å². The van der Waals surface area contributed by atoms with Crippen molar-refractivity contribution in [1.82, 2.24) is 0 Å². The Morgan fingerprint density at radius 2 is 1.55 bits per heavy atom. The van der Waals surface area contributed by atoms with Crippen molar-refractivity contribution in [2.24, 2.45) is 0 Å². The molecule has 62 valence electrons. The summed E-state index contributed by atoms with van der Waals surface area (Å²) in [5, 5.41) is -10.3. The van der Waals surface area contributed by atoms with Gasteiger partial charge < -0.3 is 4.55 Å². The van der Waals surface area contributed by atoms with Crippen LogP contribution in [-0.2, 0) is 11.1 Å². The summed E-state index contributed by atoms with van der Waals surface area (Å²) in [5.74, 6) is 0. The van der Waals surface area contributed by atoms with E-state index in [9.17, 15) is 26.3 Å². The minimum absolute atomic E-state index is 0. The van der Waals surface area contributed by atoms with Gasteiger partial charge in [0.25, 0.3) is 0 Å². The summed E-state index contributed by atoms with van der Waals surface area (Å²) in [6, 6.07) is 0. The Morgan fingerprint density at radius 3 is 1.55 bits per heavy atom. The number of alkyl halides is 5. The molecule has 2 nitrogen and oxygen atoms in total. The summed E-state index contributed by atoms with van der Waals surface area (Å²) in [6.07, 6.45) is 0. The second-order valence-corrected chi connectivity index (χ2v) is 2.71. The van der Waals surface area contributed by atoms with Crippen LogP contribution in [0.5, 0.6) is 0 Å². The third-order valence-electron chi connectivity index (χ3n) is 0.539. The summed E-state index contributed by atoms with van der Waals surface area (Å²) in [4.78, 5) is 0. The Morgan fingerprint density at radius 1 is 1.27 bits per heavy atom. The van der Waals surface area contributed by atoms with Crippen LogP contribution >= 0.6 is 11.6 Å². The minimum Gasteiger partial charge on any atom is -0.768 e. The molecule has 0 aromatic carbocycles. The summed E-state index contributed by atoms with van der Waals surface area (Å²) in [7, 11) is 0. The van der Waals surface area contributed by atoms with Gasteiger partial charge in [-0.1, -0.05) is 0 Å². The topological polar surface area (TPSA) is 40.1 Å². The summed E-state index contributed by atoms with van der Waals surface area (Å²) >= 11 is -0.467. The van der Waals surface area contributed by atoms with Crippen LogP contribution in [0.1, 0.15) is 0 Å². The van der Waals surface area contributed by atoms with Crippen molar-refractivity contribution in [2.75, 3.05) is 0 Å². The molecular weight excluding hydrogens is 223 g/mol. The fourth-order valence-corrected chi connectivity index (χ4v) is 0.472. The van der Waals surface area contributed by atoms with Crippen LogP contribution in [0, 0.1) is 0 Å². The van der Waals surface area contributed by atoms with Gasteiger partial charge in [-0.2, -0.15) is 17.6 Å². The maximum absolute atomic E-state index is 11.6. The molecule has 0 aromatic heterocycles. The van der Waals surface area contributed by atoms with Crippen LogP contribution in [-0.4, -0.2) is 19.4 Å². The van der Waals surface area contributed by atoms with E-state index in [0.29, 0.717) is 0 Å². The molecular formula is C2ClF4NaO2S. The van der Waals surface area contributed by atoms with Gasteiger partial charge in [0.1, 0.15) is 0 Å². The van der Waals surface area contributed by atoms with E-state index in [2.05, 4.69) is 11.6 Å². The van der Waals surface area contributed by atoms with Crippen LogP contribution in [0.2, 0.25) is 0 Å². The molecule has 9 heteroatoms. The zero-order valence-corrected chi connectivity index (χ0v) is 8.69. The van der Waals surface area contributed by atoms with Crippen LogP contribution in [0.3, 0.4) is 0 Å². The van der Waals surface area contributed by atoms with Gasteiger partial charge in [-0.25, -0.2) is 0 Å². The number of rotatable bonds is 2. The van der Waals surface area contributed by atoms with E-state index in [-0.39, 0.29) is 29.6 Å². The molecule has 0 aliphatic heterocycles. The molecule has 0 aliphatic carbocycles. The van der Waals surface area contributed by atoms with Gasteiger partial charge in [0.05, 0.1) is 0 Å². The molecule has 0 spiro atoms. The molecule has 1 atom stereocenters. The molecule has 0 N–H and O–H groups in total. The third kappa shape index (κ3) is 3.56. The largest absolute Gasteiger partial charge is 1.00 e. The Hall–Kier alpha value is 1.12. The van der Waals surface area contributed by atoms with Crippen molar-refractivity contribution in [3.63, 3.8) is 0 Å². The Bertz CT molecular complexity index is 159. The van der Waals surface area contributed by atoms with Crippen LogP contribution in [0.4, 0.5) is 17.6 Å². The molecule has 0 rings (SSSR count). The molecule has 0 radical (unpaired) electrons. The first-order valence-corrected chi connectivity index (χ1v) is 3.19. The predicted molar refractivity (Wildman–Crippen MR) is 24.7 cm³/mol. The SMILES string of the molecule is O=S([O-])C(F)(F)C(F)(F)Cl.[Na+]. The average Bonchev–Trinajstić information content (AvgIpc) is 1.62. The van der Waals surface area contributed by atoms with E-state index >= 15 is 0 Å². The van der Waals surface area contributed by atoms with E-state index in [0.717, 1.165) is 0 Å². The Kier molecular flexibility index (Phi) is 5.83. The summed E-state index contributed by atoms with van der Waals surface area (Å²) < 4.78 is 64.6. The van der Waals surface area contributed by atoms with Crippen molar-refractivity contribution in [2.45, 2.75) is 10.6 Å². The first-order chi connectivity index (χ1) is 4.19. The smallest absolute Gasteiger partial charge is 0.768 e. The zero-order chi connectivity index (χ0) is 8.58. The van der Waals surface area contributed by atoms with Crippen LogP contribution in [0.25, 0.3) is 0 Å². The molecule has 0 fully saturated rings. The molecule has 0 saturated carbocycles. The number of halogens is 5. The fraction of sp³-hybridized carbons (Fsp3) is 1.00. The van der Waals surface area contributed by atoms with Crippen LogP contribution in [0.15, 0.2) is 0 Å². The van der Waals surface area contributed by atoms with Crippen LogP contribution < -0.4 is 29.6 Å². The maximum atomic E-state index is 11.6. The molecule has 11 heavy (non-hydrogen) atoms. The van der Waals surface area contributed by atoms with Gasteiger partial charge >= 0.3 is 40.2 Å². The zero-order valence-electron chi connectivity index (χ0n) is 5.11. The van der Waals surface area contributed by atoms with Gasteiger partial charge in [-0.05, 0) is 11.6 Å². The standard InChI is InChI=1S/C2HClF4O2S.Na/c3-1(4,5)2(6,7)10(8)9;/h(H,8,9);/q;+1/p-1. The molecule has 0 bridgehead atoms. The number of hydrogen-bond donors (Lipinski definition) is 0. The Labute approximate surface area is 88.9 Å². The summed E-state index contributed by atoms with van der Waals surface area (Å²) in [6.45, 7) is 0. The average molecular weight is 223 g/mol. The quantitative estimate of drug-likeness (QED) is 0.242. The monoisotopic (exact) mass is 222 g/mol. The second kappa shape index (κ2) is 4.38. The summed E-state index contributed by atoms with van der Waals surface area (Å²) in [5.41, 5.74) is 0. The van der Waals surface area contributed by atoms with E-state index < -0.39 is 21.7 Å². The molecule has 1 unspecified atom stereocenters. The molecule has 0 saturated heterocycles. The normalized spacial score (nSPS) is 15.5. The predicted octanol–water partition coefficient (Wildman–Crippen LogP) is -1.71. The van der Waals surface area contributed by atoms with E-state index in [1.54, 1.807) is 0 Å². The van der Waals surface area contributed by atoms with E-state index in [1.165, 1.54) is 0 Å². The van der Waals surface area contributed by atoms with Crippen molar-refractivity contribution in [1.29, 1.82) is 0 Å². The van der Waals surface area contributed by atoms with Crippen molar-refractivity contribution in [3.8, 4) is 0 Å². The van der Waals surface area contributed by atoms with Gasteiger partial charge in [-0.3, -0.25) is 4.21 Å². The van der Waals surface area contributed by atoms with E-state index in [4.69, 9.17) is 0 Å².